The van der Waals surface area contributed by atoms with Crippen molar-refractivity contribution < 1.29 is 9.47 Å². The minimum Gasteiger partial charge on any atom is -0.486 e. The Bertz CT molecular complexity index is 568. The van der Waals surface area contributed by atoms with Gasteiger partial charge in [0.15, 0.2) is 11.5 Å². The van der Waals surface area contributed by atoms with E-state index in [1.807, 2.05) is 17.5 Å². The molecule has 3 nitrogen and oxygen atoms in total. The van der Waals surface area contributed by atoms with E-state index in [9.17, 15) is 0 Å². The van der Waals surface area contributed by atoms with Crippen molar-refractivity contribution in [1.82, 2.24) is 4.98 Å². The molecule has 1 aromatic heterocycles. The number of nitrogens with zero attached hydrogens (tertiary/aromatic N) is 1. The third kappa shape index (κ3) is 2.05. The molecule has 1 aliphatic heterocycles. The predicted molar refractivity (Wildman–Crippen MR) is 71.0 cm³/mol. The van der Waals surface area contributed by atoms with Gasteiger partial charge in [-0.25, -0.2) is 4.98 Å². The molecule has 0 radical (unpaired) electrons. The van der Waals surface area contributed by atoms with Gasteiger partial charge >= 0.3 is 0 Å². The van der Waals surface area contributed by atoms with E-state index in [1.54, 1.807) is 11.3 Å². The number of aromatic nitrogens is 1. The van der Waals surface area contributed by atoms with E-state index in [-0.39, 0.29) is 0 Å². The molecule has 17 heavy (non-hydrogen) atoms. The highest BCUT2D eigenvalue weighted by Crippen LogP contribution is 2.38. The number of rotatable bonds is 1. The molecule has 88 valence electrons. The van der Waals surface area contributed by atoms with Gasteiger partial charge < -0.3 is 9.47 Å². The van der Waals surface area contributed by atoms with Gasteiger partial charge in [0.05, 0.1) is 0 Å². The molecule has 0 saturated carbocycles. The van der Waals surface area contributed by atoms with Crippen molar-refractivity contribution in [3.05, 3.63) is 27.7 Å². The quantitative estimate of drug-likeness (QED) is 0.805. The van der Waals surface area contributed by atoms with Crippen LogP contribution >= 0.6 is 27.3 Å². The molecule has 0 bridgehead atoms. The van der Waals surface area contributed by atoms with E-state index in [1.165, 1.54) is 0 Å². The number of halogens is 1. The minimum absolute atomic E-state index is 0.608. The van der Waals surface area contributed by atoms with Crippen LogP contribution in [0.3, 0.4) is 0 Å². The summed E-state index contributed by atoms with van der Waals surface area (Å²) in [7, 11) is 0. The van der Waals surface area contributed by atoms with E-state index in [2.05, 4.69) is 27.8 Å². The zero-order chi connectivity index (χ0) is 11.8. The normalized spacial score (nSPS) is 13.8. The maximum Gasteiger partial charge on any atom is 0.162 e. The third-order valence-corrected chi connectivity index (χ3v) is 4.18. The van der Waals surface area contributed by atoms with Crippen LogP contribution in [-0.2, 0) is 0 Å². The van der Waals surface area contributed by atoms with Gasteiger partial charge in [-0.3, -0.25) is 0 Å². The summed E-state index contributed by atoms with van der Waals surface area (Å²) in [5, 5.41) is 2.97. The second-order valence-electron chi connectivity index (χ2n) is 3.79. The van der Waals surface area contributed by atoms with Crippen LogP contribution in [0.25, 0.3) is 10.6 Å². The van der Waals surface area contributed by atoms with Crippen molar-refractivity contribution in [2.45, 2.75) is 6.92 Å². The highest BCUT2D eigenvalue weighted by atomic mass is 79.9. The van der Waals surface area contributed by atoms with Crippen LogP contribution in [0.4, 0.5) is 0 Å². The number of benzene rings is 1. The molecule has 5 heteroatoms. The van der Waals surface area contributed by atoms with E-state index in [4.69, 9.17) is 9.47 Å². The van der Waals surface area contributed by atoms with E-state index in [0.29, 0.717) is 13.2 Å². The zero-order valence-corrected chi connectivity index (χ0v) is 11.6. The topological polar surface area (TPSA) is 31.4 Å². The summed E-state index contributed by atoms with van der Waals surface area (Å²) in [6.45, 7) is 3.29. The monoisotopic (exact) mass is 311 g/mol. The predicted octanol–water partition coefficient (Wildman–Crippen LogP) is 3.65. The average Bonchev–Trinajstić information content (AvgIpc) is 2.75. The van der Waals surface area contributed by atoms with Crippen LogP contribution in [0.15, 0.2) is 22.1 Å². The van der Waals surface area contributed by atoms with Gasteiger partial charge in [0.1, 0.15) is 22.8 Å². The van der Waals surface area contributed by atoms with Gasteiger partial charge in [0.25, 0.3) is 0 Å². The summed E-state index contributed by atoms with van der Waals surface area (Å²) in [5.41, 5.74) is 2.25. The van der Waals surface area contributed by atoms with Crippen molar-refractivity contribution in [2.75, 3.05) is 13.2 Å². The summed E-state index contributed by atoms with van der Waals surface area (Å²) >= 11 is 4.99. The van der Waals surface area contributed by atoms with Crippen molar-refractivity contribution in [2.24, 2.45) is 0 Å². The molecule has 0 amide bonds. The second-order valence-corrected chi connectivity index (χ2v) is 5.46. The number of ether oxygens (including phenoxy) is 2. The van der Waals surface area contributed by atoms with Gasteiger partial charge in [-0.1, -0.05) is 0 Å². The largest absolute Gasteiger partial charge is 0.486 e. The zero-order valence-electron chi connectivity index (χ0n) is 9.20. The first-order valence-electron chi connectivity index (χ1n) is 5.25. The highest BCUT2D eigenvalue weighted by molar-refractivity contribution is 9.10. The summed E-state index contributed by atoms with van der Waals surface area (Å²) in [6.07, 6.45) is 0. The Balaban J connectivity index is 2.11. The standard InChI is InChI=1S/C12H10BrNO2S/c1-7-4-9-10(16-3-2-15-9)5-8(7)12-14-11(13)6-17-12/h4-6H,2-3H2,1H3. The fourth-order valence-electron chi connectivity index (χ4n) is 1.80. The van der Waals surface area contributed by atoms with Crippen molar-refractivity contribution in [3.8, 4) is 22.1 Å². The van der Waals surface area contributed by atoms with Crippen LogP contribution in [0.1, 0.15) is 5.56 Å². The van der Waals surface area contributed by atoms with Gasteiger partial charge in [0.2, 0.25) is 0 Å². The third-order valence-electron chi connectivity index (χ3n) is 2.60. The Kier molecular flexibility index (Phi) is 2.80. The van der Waals surface area contributed by atoms with Crippen LogP contribution in [0.2, 0.25) is 0 Å². The SMILES string of the molecule is Cc1cc2c(cc1-c1nc(Br)cs1)OCCO2. The number of hydrogen-bond acceptors (Lipinski definition) is 4. The van der Waals surface area contributed by atoms with Gasteiger partial charge in [0, 0.05) is 10.9 Å². The van der Waals surface area contributed by atoms with Crippen molar-refractivity contribution >= 4 is 27.3 Å². The average molecular weight is 312 g/mol. The lowest BCUT2D eigenvalue weighted by molar-refractivity contribution is 0.171. The van der Waals surface area contributed by atoms with E-state index < -0.39 is 0 Å². The summed E-state index contributed by atoms with van der Waals surface area (Å²) < 4.78 is 12.0. The fourth-order valence-corrected chi connectivity index (χ4v) is 3.13. The second kappa shape index (κ2) is 4.31. The molecule has 3 rings (SSSR count). The molecule has 0 aliphatic carbocycles. The summed E-state index contributed by atoms with van der Waals surface area (Å²) in [6, 6.07) is 4.02. The molecule has 0 spiro atoms. The lowest BCUT2D eigenvalue weighted by Gasteiger charge is -2.19. The van der Waals surface area contributed by atoms with Crippen LogP contribution < -0.4 is 9.47 Å². The molecular formula is C12H10BrNO2S. The van der Waals surface area contributed by atoms with Gasteiger partial charge in [-0.15, -0.1) is 11.3 Å². The highest BCUT2D eigenvalue weighted by Gasteiger charge is 2.16. The summed E-state index contributed by atoms with van der Waals surface area (Å²) in [5.74, 6) is 1.64. The lowest BCUT2D eigenvalue weighted by Crippen LogP contribution is -2.15. The molecule has 0 saturated heterocycles. The Morgan fingerprint density at radius 3 is 2.59 bits per heavy atom. The fraction of sp³-hybridized carbons (Fsp3) is 0.250. The molecular weight excluding hydrogens is 302 g/mol. The Hall–Kier alpha value is -1.07. The summed E-state index contributed by atoms with van der Waals surface area (Å²) in [4.78, 5) is 4.43. The molecule has 0 N–H and O–H groups in total. The van der Waals surface area contributed by atoms with Crippen LogP contribution in [0, 0.1) is 6.92 Å². The first kappa shape index (κ1) is 11.0. The van der Waals surface area contributed by atoms with Crippen molar-refractivity contribution in [1.29, 1.82) is 0 Å². The van der Waals surface area contributed by atoms with Gasteiger partial charge in [-0.2, -0.15) is 0 Å². The Labute approximate surface area is 112 Å². The molecule has 0 atom stereocenters. The molecule has 2 heterocycles. The van der Waals surface area contributed by atoms with Gasteiger partial charge in [-0.05, 0) is 40.5 Å². The molecule has 0 unspecified atom stereocenters. The Morgan fingerprint density at radius 1 is 1.24 bits per heavy atom. The first-order chi connectivity index (χ1) is 8.24. The number of hydrogen-bond donors (Lipinski definition) is 0. The lowest BCUT2D eigenvalue weighted by atomic mass is 10.1. The van der Waals surface area contributed by atoms with E-state index in [0.717, 1.165) is 32.2 Å². The minimum atomic E-state index is 0.608. The number of aryl methyl sites for hydroxylation is 1. The number of fused-ring (bicyclic) bond motifs is 1. The van der Waals surface area contributed by atoms with Crippen LogP contribution in [0.5, 0.6) is 11.5 Å². The van der Waals surface area contributed by atoms with E-state index >= 15 is 0 Å². The van der Waals surface area contributed by atoms with Crippen molar-refractivity contribution in [3.63, 3.8) is 0 Å². The molecule has 0 fully saturated rings. The smallest absolute Gasteiger partial charge is 0.162 e. The maximum atomic E-state index is 5.59. The van der Waals surface area contributed by atoms with Crippen LogP contribution in [-0.4, -0.2) is 18.2 Å². The molecule has 1 aromatic carbocycles. The number of thiazole rings is 1. The molecule has 1 aliphatic rings. The Morgan fingerprint density at radius 2 is 1.94 bits per heavy atom. The first-order valence-corrected chi connectivity index (χ1v) is 6.93. The maximum absolute atomic E-state index is 5.59. The molecule has 2 aromatic rings.